The molecule has 1 atom stereocenters. The van der Waals surface area contributed by atoms with E-state index in [1.54, 1.807) is 0 Å². The van der Waals surface area contributed by atoms with E-state index in [1.165, 1.54) is 0 Å². The molecule has 0 heterocycles. The second kappa shape index (κ2) is 9.35. The van der Waals surface area contributed by atoms with Gasteiger partial charge in [-0.05, 0) is 44.8 Å². The molecule has 0 radical (unpaired) electrons. The molecule has 0 spiro atoms. The van der Waals surface area contributed by atoms with Crippen LogP contribution in [0.2, 0.25) is 0 Å². The van der Waals surface area contributed by atoms with Gasteiger partial charge in [-0.1, -0.05) is 34.6 Å². The summed E-state index contributed by atoms with van der Waals surface area (Å²) < 4.78 is 0. The van der Waals surface area contributed by atoms with Crippen molar-refractivity contribution in [1.82, 2.24) is 10.2 Å². The van der Waals surface area contributed by atoms with Gasteiger partial charge < -0.3 is 4.90 Å². The first kappa shape index (κ1) is 17.4. The first-order valence-electron chi connectivity index (χ1n) is 7.42. The van der Waals surface area contributed by atoms with Gasteiger partial charge in [0.25, 0.3) is 0 Å². The zero-order valence-corrected chi connectivity index (χ0v) is 12.9. The van der Waals surface area contributed by atoms with Gasteiger partial charge in [0, 0.05) is 6.54 Å². The fourth-order valence-corrected chi connectivity index (χ4v) is 2.40. The molecule has 0 aromatic carbocycles. The van der Waals surface area contributed by atoms with E-state index in [9.17, 15) is 5.26 Å². The normalized spacial score (nSPS) is 14.8. The predicted molar refractivity (Wildman–Crippen MR) is 78.5 cm³/mol. The molecule has 3 heteroatoms. The molecular weight excluding hydrogens is 222 g/mol. The fraction of sp³-hybridized carbons (Fsp3) is 0.933. The Hall–Kier alpha value is -0.590. The van der Waals surface area contributed by atoms with E-state index in [2.05, 4.69) is 50.9 Å². The lowest BCUT2D eigenvalue weighted by molar-refractivity contribution is 0.239. The molecule has 0 aliphatic rings. The second-order valence-electron chi connectivity index (χ2n) is 5.47. The largest absolute Gasteiger partial charge is 0.303 e. The van der Waals surface area contributed by atoms with E-state index >= 15 is 0 Å². The molecule has 0 amide bonds. The molecule has 0 saturated heterocycles. The molecule has 0 aliphatic heterocycles. The number of rotatable bonds is 10. The van der Waals surface area contributed by atoms with Crippen molar-refractivity contribution < 1.29 is 0 Å². The van der Waals surface area contributed by atoms with E-state index in [-0.39, 0.29) is 5.54 Å². The smallest absolute Gasteiger partial charge is 0.106 e. The summed E-state index contributed by atoms with van der Waals surface area (Å²) in [5.74, 6) is 0.714. The molecule has 1 N–H and O–H groups in total. The van der Waals surface area contributed by atoms with Gasteiger partial charge in [0.15, 0.2) is 0 Å². The van der Waals surface area contributed by atoms with Crippen LogP contribution in [0.5, 0.6) is 0 Å². The Bertz CT molecular complexity index is 245. The molecule has 3 nitrogen and oxygen atoms in total. The van der Waals surface area contributed by atoms with Crippen LogP contribution in [0.1, 0.15) is 53.9 Å². The summed E-state index contributed by atoms with van der Waals surface area (Å²) in [6.07, 6.45) is 2.92. The lowest BCUT2D eigenvalue weighted by atomic mass is 9.92. The highest BCUT2D eigenvalue weighted by Gasteiger charge is 2.26. The second-order valence-corrected chi connectivity index (χ2v) is 5.47. The number of hydrogen-bond acceptors (Lipinski definition) is 3. The Kier molecular flexibility index (Phi) is 9.05. The van der Waals surface area contributed by atoms with Crippen LogP contribution in [-0.2, 0) is 0 Å². The monoisotopic (exact) mass is 253 g/mol. The van der Waals surface area contributed by atoms with Gasteiger partial charge in [-0.15, -0.1) is 0 Å². The van der Waals surface area contributed by atoms with Crippen LogP contribution >= 0.6 is 0 Å². The lowest BCUT2D eigenvalue weighted by Crippen LogP contribution is -2.44. The minimum atomic E-state index is -0.313. The Labute approximate surface area is 114 Å². The molecule has 106 valence electrons. The molecule has 0 aromatic rings. The molecule has 1 unspecified atom stereocenters. The van der Waals surface area contributed by atoms with Crippen LogP contribution in [0.4, 0.5) is 0 Å². The van der Waals surface area contributed by atoms with Gasteiger partial charge >= 0.3 is 0 Å². The van der Waals surface area contributed by atoms with Gasteiger partial charge in [0.2, 0.25) is 0 Å². The Balaban J connectivity index is 4.16. The Morgan fingerprint density at radius 3 is 2.33 bits per heavy atom. The molecular formula is C15H31N3. The average molecular weight is 253 g/mol. The third kappa shape index (κ3) is 6.37. The van der Waals surface area contributed by atoms with Crippen molar-refractivity contribution in [1.29, 1.82) is 5.26 Å². The van der Waals surface area contributed by atoms with Crippen LogP contribution in [0.15, 0.2) is 0 Å². The van der Waals surface area contributed by atoms with E-state index in [1.807, 2.05) is 0 Å². The lowest BCUT2D eigenvalue weighted by Gasteiger charge is -2.28. The summed E-state index contributed by atoms with van der Waals surface area (Å²) in [5.41, 5.74) is -0.313. The van der Waals surface area contributed by atoms with Gasteiger partial charge in [0.1, 0.15) is 5.54 Å². The summed E-state index contributed by atoms with van der Waals surface area (Å²) in [6.45, 7) is 15.1. The maximum absolute atomic E-state index is 9.35. The van der Waals surface area contributed by atoms with Gasteiger partial charge in [-0.2, -0.15) is 5.26 Å². The van der Waals surface area contributed by atoms with Crippen molar-refractivity contribution in [2.45, 2.75) is 59.4 Å². The van der Waals surface area contributed by atoms with Crippen LogP contribution in [0.25, 0.3) is 0 Å². The van der Waals surface area contributed by atoms with Crippen LogP contribution in [-0.4, -0.2) is 36.6 Å². The molecule has 0 aliphatic carbocycles. The standard InChI is InChI=1S/C15H31N3/c1-6-15(13-16,17-7-2)10-9-11-18(8-3)12-14(4)5/h14,17H,6-12H2,1-5H3. The Morgan fingerprint density at radius 2 is 1.94 bits per heavy atom. The quantitative estimate of drug-likeness (QED) is 0.650. The first-order chi connectivity index (χ1) is 8.53. The number of nitriles is 1. The summed E-state index contributed by atoms with van der Waals surface area (Å²) in [4.78, 5) is 2.48. The third-order valence-electron chi connectivity index (χ3n) is 3.48. The summed E-state index contributed by atoms with van der Waals surface area (Å²) >= 11 is 0. The molecule has 0 bridgehead atoms. The molecule has 0 fully saturated rings. The van der Waals surface area contributed by atoms with Crippen LogP contribution < -0.4 is 5.32 Å². The number of nitrogens with one attached hydrogen (secondary N) is 1. The highest BCUT2D eigenvalue weighted by molar-refractivity contribution is 5.05. The van der Waals surface area contributed by atoms with Crippen molar-refractivity contribution in [3.63, 3.8) is 0 Å². The van der Waals surface area contributed by atoms with Gasteiger partial charge in [-0.3, -0.25) is 5.32 Å². The highest BCUT2D eigenvalue weighted by atomic mass is 15.1. The van der Waals surface area contributed by atoms with Crippen molar-refractivity contribution in [3.05, 3.63) is 0 Å². The van der Waals surface area contributed by atoms with Crippen molar-refractivity contribution >= 4 is 0 Å². The predicted octanol–water partition coefficient (Wildman–Crippen LogP) is 3.03. The molecule has 18 heavy (non-hydrogen) atoms. The average Bonchev–Trinajstić information content (AvgIpc) is 2.36. The number of hydrogen-bond donors (Lipinski definition) is 1. The van der Waals surface area contributed by atoms with E-state index in [0.29, 0.717) is 5.92 Å². The van der Waals surface area contributed by atoms with Gasteiger partial charge in [0.05, 0.1) is 6.07 Å². The summed E-state index contributed by atoms with van der Waals surface area (Å²) in [7, 11) is 0. The molecule has 0 saturated carbocycles. The van der Waals surface area contributed by atoms with Crippen molar-refractivity contribution in [3.8, 4) is 6.07 Å². The van der Waals surface area contributed by atoms with Crippen LogP contribution in [0, 0.1) is 17.2 Å². The maximum Gasteiger partial charge on any atom is 0.106 e. The highest BCUT2D eigenvalue weighted by Crippen LogP contribution is 2.17. The SMILES string of the molecule is CCNC(C#N)(CC)CCCN(CC)CC(C)C. The minimum Gasteiger partial charge on any atom is -0.303 e. The zero-order valence-electron chi connectivity index (χ0n) is 12.9. The Morgan fingerprint density at radius 1 is 1.28 bits per heavy atom. The minimum absolute atomic E-state index is 0.313. The molecule has 0 rings (SSSR count). The third-order valence-corrected chi connectivity index (χ3v) is 3.48. The van der Waals surface area contributed by atoms with Crippen LogP contribution in [0.3, 0.4) is 0 Å². The number of nitrogens with zero attached hydrogens (tertiary/aromatic N) is 2. The van der Waals surface area contributed by atoms with Crippen molar-refractivity contribution in [2.75, 3.05) is 26.2 Å². The van der Waals surface area contributed by atoms with E-state index < -0.39 is 0 Å². The summed E-state index contributed by atoms with van der Waals surface area (Å²) in [5, 5.41) is 12.7. The topological polar surface area (TPSA) is 39.1 Å². The van der Waals surface area contributed by atoms with E-state index in [0.717, 1.165) is 45.4 Å². The molecule has 0 aromatic heterocycles. The first-order valence-corrected chi connectivity index (χ1v) is 7.42. The van der Waals surface area contributed by atoms with Gasteiger partial charge in [-0.25, -0.2) is 0 Å². The summed E-state index contributed by atoms with van der Waals surface area (Å²) in [6, 6.07) is 2.47. The van der Waals surface area contributed by atoms with Crippen molar-refractivity contribution in [2.24, 2.45) is 5.92 Å². The van der Waals surface area contributed by atoms with E-state index in [4.69, 9.17) is 0 Å². The maximum atomic E-state index is 9.35. The zero-order chi connectivity index (χ0) is 14.0. The fourth-order valence-electron chi connectivity index (χ4n) is 2.40.